The molecular formula is C22H25FN6O3. The van der Waals surface area contributed by atoms with Gasteiger partial charge in [-0.15, -0.1) is 0 Å². The fraction of sp³-hybridized carbons (Fsp3) is 0.409. The number of amides is 2. The maximum atomic E-state index is 15.5. The highest BCUT2D eigenvalue weighted by Crippen LogP contribution is 2.29. The van der Waals surface area contributed by atoms with E-state index in [1.165, 1.54) is 17.3 Å². The summed E-state index contributed by atoms with van der Waals surface area (Å²) in [6.45, 7) is 5.17. The Morgan fingerprint density at radius 2 is 2.03 bits per heavy atom. The van der Waals surface area contributed by atoms with Crippen LogP contribution < -0.4 is 5.32 Å². The summed E-state index contributed by atoms with van der Waals surface area (Å²) in [7, 11) is 0. The minimum absolute atomic E-state index is 0.00542. The second-order valence-electron chi connectivity index (χ2n) is 8.85. The van der Waals surface area contributed by atoms with Crippen LogP contribution in [0.5, 0.6) is 0 Å². The zero-order valence-corrected chi connectivity index (χ0v) is 18.2. The third-order valence-corrected chi connectivity index (χ3v) is 5.15. The number of rotatable bonds is 3. The highest BCUT2D eigenvalue weighted by Gasteiger charge is 2.45. The van der Waals surface area contributed by atoms with Crippen LogP contribution in [0.2, 0.25) is 0 Å². The Labute approximate surface area is 184 Å². The first-order valence-electron chi connectivity index (χ1n) is 10.4. The summed E-state index contributed by atoms with van der Waals surface area (Å²) in [5.74, 6) is -0.731. The molecule has 1 aliphatic rings. The zero-order valence-electron chi connectivity index (χ0n) is 18.2. The maximum Gasteiger partial charge on any atom is 0.410 e. The van der Waals surface area contributed by atoms with Gasteiger partial charge in [0.25, 0.3) is 5.91 Å². The van der Waals surface area contributed by atoms with Crippen LogP contribution >= 0.6 is 0 Å². The van der Waals surface area contributed by atoms with Crippen molar-refractivity contribution in [2.24, 2.45) is 0 Å². The minimum Gasteiger partial charge on any atom is -0.444 e. The summed E-state index contributed by atoms with van der Waals surface area (Å²) in [5, 5.41) is 10.4. The van der Waals surface area contributed by atoms with E-state index in [0.717, 1.165) is 16.5 Å². The predicted molar refractivity (Wildman–Crippen MR) is 117 cm³/mol. The maximum absolute atomic E-state index is 15.5. The van der Waals surface area contributed by atoms with Gasteiger partial charge in [0.15, 0.2) is 5.82 Å². The number of hydrogen-bond donors (Lipinski definition) is 2. The number of anilines is 1. The van der Waals surface area contributed by atoms with E-state index in [1.807, 2.05) is 18.2 Å². The Kier molecular flexibility index (Phi) is 5.53. The average Bonchev–Trinajstić information content (AvgIpc) is 3.22. The smallest absolute Gasteiger partial charge is 0.410 e. The number of nitrogens with one attached hydrogen (secondary N) is 2. The van der Waals surface area contributed by atoms with Gasteiger partial charge in [-0.3, -0.25) is 14.9 Å². The lowest BCUT2D eigenvalue weighted by Crippen LogP contribution is -2.54. The van der Waals surface area contributed by atoms with Gasteiger partial charge in [0, 0.05) is 17.5 Å². The van der Waals surface area contributed by atoms with Gasteiger partial charge < -0.3 is 15.0 Å². The lowest BCUT2D eigenvalue weighted by molar-refractivity contribution is -0.130. The van der Waals surface area contributed by atoms with Gasteiger partial charge in [-0.05, 0) is 33.6 Å². The van der Waals surface area contributed by atoms with Crippen LogP contribution in [0.15, 0.2) is 36.8 Å². The number of hydrogen-bond acceptors (Lipinski definition) is 6. The molecule has 1 aromatic carbocycles. The Bertz CT molecular complexity index is 1140. The molecule has 1 saturated heterocycles. The number of carbonyl (C=O) groups excluding carboxylic acids is 2. The molecule has 0 saturated carbocycles. The van der Waals surface area contributed by atoms with E-state index < -0.39 is 23.3 Å². The standard InChI is InChI=1S/C22H25FN6O3/c1-21(2,3)32-20(31)29-9-5-8-22(23,13-29)19(30)27-17-12-24-16(11-25-17)15-7-4-6-14-10-26-28-18(14)15/h4,6-7,10-12H,5,8-9,13H2,1-3H3,(H,26,28)(H,25,27,30). The van der Waals surface area contributed by atoms with E-state index in [0.29, 0.717) is 18.7 Å². The molecule has 0 aliphatic carbocycles. The number of halogens is 1. The number of likely N-dealkylation sites (tertiary alicyclic amines) is 1. The Morgan fingerprint density at radius 1 is 1.22 bits per heavy atom. The number of fused-ring (bicyclic) bond motifs is 1. The fourth-order valence-corrected chi connectivity index (χ4v) is 3.62. The van der Waals surface area contributed by atoms with Crippen molar-refractivity contribution >= 4 is 28.7 Å². The van der Waals surface area contributed by atoms with Gasteiger partial charge in [0.05, 0.1) is 36.3 Å². The topological polar surface area (TPSA) is 113 Å². The van der Waals surface area contributed by atoms with Gasteiger partial charge >= 0.3 is 6.09 Å². The van der Waals surface area contributed by atoms with Crippen molar-refractivity contribution < 1.29 is 18.7 Å². The highest BCUT2D eigenvalue weighted by atomic mass is 19.1. The molecule has 10 heteroatoms. The number of ether oxygens (including phenoxy) is 1. The van der Waals surface area contributed by atoms with Crippen molar-refractivity contribution in [2.45, 2.75) is 44.9 Å². The third-order valence-electron chi connectivity index (χ3n) is 5.15. The molecule has 9 nitrogen and oxygen atoms in total. The minimum atomic E-state index is -2.24. The summed E-state index contributed by atoms with van der Waals surface area (Å²) in [4.78, 5) is 34.8. The number of alkyl halides is 1. The van der Waals surface area contributed by atoms with E-state index in [1.54, 1.807) is 27.0 Å². The Morgan fingerprint density at radius 3 is 2.75 bits per heavy atom. The molecular weight excluding hydrogens is 415 g/mol. The van der Waals surface area contributed by atoms with Crippen LogP contribution in [0, 0.1) is 0 Å². The lowest BCUT2D eigenvalue weighted by atomic mass is 9.94. The van der Waals surface area contributed by atoms with E-state index in [-0.39, 0.29) is 18.8 Å². The molecule has 3 aromatic rings. The molecule has 1 fully saturated rings. The number of carbonyl (C=O) groups is 2. The van der Waals surface area contributed by atoms with Crippen molar-refractivity contribution in [3.8, 4) is 11.3 Å². The summed E-state index contributed by atoms with van der Waals surface area (Å²) in [6, 6.07) is 5.69. The van der Waals surface area contributed by atoms with Crippen LogP contribution in [-0.4, -0.2) is 61.4 Å². The number of para-hydroxylation sites is 1. The SMILES string of the molecule is CC(C)(C)OC(=O)N1CCCC(F)(C(=O)Nc2cnc(-c3cccc4cn[nH]c34)cn2)C1. The van der Waals surface area contributed by atoms with Gasteiger partial charge in [-0.25, -0.2) is 14.2 Å². The first-order chi connectivity index (χ1) is 15.1. The molecule has 2 aromatic heterocycles. The summed E-state index contributed by atoms with van der Waals surface area (Å²) in [5.41, 5.74) is -0.718. The number of aromatic amines is 1. The second kappa shape index (κ2) is 8.18. The number of nitrogens with zero attached hydrogens (tertiary/aromatic N) is 4. The quantitative estimate of drug-likeness (QED) is 0.642. The number of H-pyrrole nitrogens is 1. The Hall–Kier alpha value is -3.56. The van der Waals surface area contributed by atoms with E-state index >= 15 is 4.39 Å². The largest absolute Gasteiger partial charge is 0.444 e. The monoisotopic (exact) mass is 440 g/mol. The van der Waals surface area contributed by atoms with E-state index in [2.05, 4.69) is 25.5 Å². The molecule has 0 radical (unpaired) electrons. The molecule has 1 atom stereocenters. The van der Waals surface area contributed by atoms with Crippen LogP contribution in [0.25, 0.3) is 22.2 Å². The van der Waals surface area contributed by atoms with Crippen LogP contribution in [0.1, 0.15) is 33.6 Å². The van der Waals surface area contributed by atoms with Gasteiger partial charge in [0.2, 0.25) is 5.67 Å². The zero-order chi connectivity index (χ0) is 22.9. The fourth-order valence-electron chi connectivity index (χ4n) is 3.62. The molecule has 1 aliphatic heterocycles. The predicted octanol–water partition coefficient (Wildman–Crippen LogP) is 3.70. The highest BCUT2D eigenvalue weighted by molar-refractivity contribution is 5.97. The summed E-state index contributed by atoms with van der Waals surface area (Å²) >= 11 is 0. The molecule has 0 bridgehead atoms. The van der Waals surface area contributed by atoms with Crippen molar-refractivity contribution in [1.29, 1.82) is 0 Å². The van der Waals surface area contributed by atoms with Crippen molar-refractivity contribution in [2.75, 3.05) is 18.4 Å². The normalized spacial score (nSPS) is 19.1. The number of piperidine rings is 1. The average molecular weight is 440 g/mol. The first kappa shape index (κ1) is 21.7. The van der Waals surface area contributed by atoms with Gasteiger partial charge in [-0.2, -0.15) is 5.10 Å². The van der Waals surface area contributed by atoms with Gasteiger partial charge in [-0.1, -0.05) is 18.2 Å². The molecule has 168 valence electrons. The Balaban J connectivity index is 1.45. The van der Waals surface area contributed by atoms with Crippen molar-refractivity contribution in [1.82, 2.24) is 25.1 Å². The lowest BCUT2D eigenvalue weighted by Gasteiger charge is -2.36. The number of benzene rings is 1. The molecule has 4 rings (SSSR count). The molecule has 2 amide bonds. The van der Waals surface area contributed by atoms with Crippen molar-refractivity contribution in [3.05, 3.63) is 36.8 Å². The third kappa shape index (κ3) is 4.53. The summed E-state index contributed by atoms with van der Waals surface area (Å²) < 4.78 is 20.8. The van der Waals surface area contributed by atoms with Crippen LogP contribution in [-0.2, 0) is 9.53 Å². The molecule has 1 unspecified atom stereocenters. The van der Waals surface area contributed by atoms with Gasteiger partial charge in [0.1, 0.15) is 5.60 Å². The molecule has 3 heterocycles. The first-order valence-corrected chi connectivity index (χ1v) is 10.4. The molecule has 32 heavy (non-hydrogen) atoms. The van der Waals surface area contributed by atoms with E-state index in [4.69, 9.17) is 4.74 Å². The van der Waals surface area contributed by atoms with Crippen LogP contribution in [0.3, 0.4) is 0 Å². The molecule has 2 N–H and O–H groups in total. The second-order valence-corrected chi connectivity index (χ2v) is 8.85. The van der Waals surface area contributed by atoms with Crippen molar-refractivity contribution in [3.63, 3.8) is 0 Å². The summed E-state index contributed by atoms with van der Waals surface area (Å²) in [6.07, 6.45) is 4.31. The van der Waals surface area contributed by atoms with E-state index in [9.17, 15) is 9.59 Å². The number of aromatic nitrogens is 4. The molecule has 0 spiro atoms. The van der Waals surface area contributed by atoms with Crippen LogP contribution in [0.4, 0.5) is 15.0 Å².